The lowest BCUT2D eigenvalue weighted by Gasteiger charge is -2.08. The van der Waals surface area contributed by atoms with E-state index in [9.17, 15) is 14.9 Å². The maximum Gasteiger partial charge on any atom is 0.288 e. The van der Waals surface area contributed by atoms with Crippen molar-refractivity contribution in [2.75, 3.05) is 11.1 Å². The third-order valence-corrected chi connectivity index (χ3v) is 4.05. The van der Waals surface area contributed by atoms with Crippen LogP contribution in [0.25, 0.3) is 0 Å². The summed E-state index contributed by atoms with van der Waals surface area (Å²) in [6, 6.07) is 2.67. The van der Waals surface area contributed by atoms with Crippen molar-refractivity contribution in [3.63, 3.8) is 0 Å². The van der Waals surface area contributed by atoms with Gasteiger partial charge in [0.05, 0.1) is 10.6 Å². The van der Waals surface area contributed by atoms with Crippen LogP contribution in [0.5, 0.6) is 0 Å². The van der Waals surface area contributed by atoms with Gasteiger partial charge in [-0.3, -0.25) is 14.9 Å². The van der Waals surface area contributed by atoms with Crippen LogP contribution >= 0.6 is 22.9 Å². The zero-order valence-electron chi connectivity index (χ0n) is 11.1. The van der Waals surface area contributed by atoms with Crippen LogP contribution in [-0.4, -0.2) is 15.8 Å². The number of carbonyl (C=O) groups excluding carboxylic acids is 1. The second-order valence-corrected chi connectivity index (χ2v) is 5.73. The van der Waals surface area contributed by atoms with Gasteiger partial charge in [-0.25, -0.2) is 4.98 Å². The second-order valence-electron chi connectivity index (χ2n) is 4.30. The first-order chi connectivity index (χ1) is 9.79. The van der Waals surface area contributed by atoms with Gasteiger partial charge in [0, 0.05) is 11.8 Å². The number of aromatic nitrogens is 1. The largest absolute Gasteiger partial charge is 0.375 e. The Morgan fingerprint density at radius 3 is 2.67 bits per heavy atom. The fourth-order valence-electron chi connectivity index (χ4n) is 1.75. The molecular formula is C12H11ClN4O3S. The molecule has 1 aromatic carbocycles. The van der Waals surface area contributed by atoms with Crippen LogP contribution < -0.4 is 11.1 Å². The highest BCUT2D eigenvalue weighted by Crippen LogP contribution is 2.31. The van der Waals surface area contributed by atoms with Crippen molar-refractivity contribution in [1.29, 1.82) is 0 Å². The van der Waals surface area contributed by atoms with Crippen molar-refractivity contribution in [3.05, 3.63) is 43.4 Å². The molecular weight excluding hydrogens is 316 g/mol. The van der Waals surface area contributed by atoms with Gasteiger partial charge in [0.2, 0.25) is 0 Å². The molecule has 110 valence electrons. The topological polar surface area (TPSA) is 111 Å². The number of thiazole rings is 1. The Balaban J connectivity index is 2.32. The molecule has 2 rings (SSSR count). The lowest BCUT2D eigenvalue weighted by Crippen LogP contribution is -2.12. The number of hydrogen-bond donors (Lipinski definition) is 2. The highest BCUT2D eigenvalue weighted by Gasteiger charge is 2.19. The zero-order chi connectivity index (χ0) is 15.7. The molecule has 1 amide bonds. The maximum atomic E-state index is 12.2. The van der Waals surface area contributed by atoms with Crippen LogP contribution in [0.15, 0.2) is 12.1 Å². The number of anilines is 2. The first-order valence-corrected chi connectivity index (χ1v) is 6.98. The smallest absolute Gasteiger partial charge is 0.288 e. The van der Waals surface area contributed by atoms with E-state index in [0.29, 0.717) is 27.0 Å². The van der Waals surface area contributed by atoms with Crippen LogP contribution in [-0.2, 0) is 0 Å². The van der Waals surface area contributed by atoms with Gasteiger partial charge < -0.3 is 11.1 Å². The number of nitrogens with two attached hydrogens (primary N) is 1. The highest BCUT2D eigenvalue weighted by molar-refractivity contribution is 7.17. The van der Waals surface area contributed by atoms with Crippen molar-refractivity contribution < 1.29 is 9.72 Å². The number of nitro groups is 1. The van der Waals surface area contributed by atoms with E-state index in [1.807, 2.05) is 0 Å². The summed E-state index contributed by atoms with van der Waals surface area (Å²) in [5, 5.41) is 13.7. The number of aryl methyl sites for hydroxylation is 2. The summed E-state index contributed by atoms with van der Waals surface area (Å²) < 4.78 is 0. The average Bonchev–Trinajstić information content (AvgIpc) is 2.72. The molecule has 0 unspecified atom stereocenters. The quantitative estimate of drug-likeness (QED) is 0.664. The van der Waals surface area contributed by atoms with Gasteiger partial charge in [0.15, 0.2) is 5.13 Å². The molecule has 0 atom stereocenters. The van der Waals surface area contributed by atoms with Gasteiger partial charge >= 0.3 is 0 Å². The van der Waals surface area contributed by atoms with E-state index in [-0.39, 0.29) is 16.6 Å². The minimum Gasteiger partial charge on any atom is -0.375 e. The Hall–Kier alpha value is -2.19. The van der Waals surface area contributed by atoms with Gasteiger partial charge in [-0.2, -0.15) is 0 Å². The Morgan fingerprint density at radius 1 is 1.48 bits per heavy atom. The fourth-order valence-corrected chi connectivity index (χ4v) is 2.71. The number of hydrogen-bond acceptors (Lipinski definition) is 6. The monoisotopic (exact) mass is 326 g/mol. The molecule has 1 aromatic heterocycles. The summed E-state index contributed by atoms with van der Waals surface area (Å²) >= 11 is 6.91. The summed E-state index contributed by atoms with van der Waals surface area (Å²) in [6.45, 7) is 3.32. The maximum absolute atomic E-state index is 12.2. The van der Waals surface area contributed by atoms with Crippen molar-refractivity contribution in [2.24, 2.45) is 0 Å². The minimum absolute atomic E-state index is 0.0403. The number of nitro benzene ring substituents is 1. The van der Waals surface area contributed by atoms with Crippen molar-refractivity contribution in [1.82, 2.24) is 4.98 Å². The number of nitrogens with one attached hydrogen (secondary N) is 1. The highest BCUT2D eigenvalue weighted by atomic mass is 35.5. The van der Waals surface area contributed by atoms with E-state index in [0.717, 1.165) is 11.3 Å². The molecule has 0 bridgehead atoms. The number of nitrogens with zero attached hydrogens (tertiary/aromatic N) is 2. The molecule has 7 nitrogen and oxygen atoms in total. The number of amides is 1. The molecule has 0 aliphatic heterocycles. The van der Waals surface area contributed by atoms with Crippen LogP contribution in [0.1, 0.15) is 20.9 Å². The predicted molar refractivity (Wildman–Crippen MR) is 82.1 cm³/mol. The number of carbonyl (C=O) groups is 1. The molecule has 9 heteroatoms. The molecule has 0 radical (unpaired) electrons. The molecule has 3 N–H and O–H groups in total. The van der Waals surface area contributed by atoms with E-state index >= 15 is 0 Å². The molecule has 0 aliphatic carbocycles. The predicted octanol–water partition coefficient (Wildman–Crippen LogP) is 3.16. The van der Waals surface area contributed by atoms with Crippen LogP contribution in [0.2, 0.25) is 5.02 Å². The first-order valence-electron chi connectivity index (χ1n) is 5.78. The van der Waals surface area contributed by atoms with E-state index < -0.39 is 4.92 Å². The molecule has 21 heavy (non-hydrogen) atoms. The Labute approximate surface area is 128 Å². The number of benzene rings is 1. The van der Waals surface area contributed by atoms with Crippen LogP contribution in [0, 0.1) is 24.0 Å². The summed E-state index contributed by atoms with van der Waals surface area (Å²) in [7, 11) is 0. The van der Waals surface area contributed by atoms with Gasteiger partial charge in [-0.15, -0.1) is 0 Å². The lowest BCUT2D eigenvalue weighted by molar-refractivity contribution is -0.384. The van der Waals surface area contributed by atoms with Gasteiger partial charge in [0.25, 0.3) is 11.6 Å². The summed E-state index contributed by atoms with van der Waals surface area (Å²) in [5.74, 6) is -0.380. The molecule has 0 saturated heterocycles. The Bertz CT molecular complexity index is 744. The van der Waals surface area contributed by atoms with Crippen molar-refractivity contribution in [2.45, 2.75) is 13.8 Å². The van der Waals surface area contributed by atoms with E-state index in [2.05, 4.69) is 10.3 Å². The van der Waals surface area contributed by atoms with E-state index in [1.165, 1.54) is 12.1 Å². The molecule has 0 saturated carbocycles. The third-order valence-electron chi connectivity index (χ3n) is 2.76. The van der Waals surface area contributed by atoms with Gasteiger partial charge in [-0.1, -0.05) is 22.9 Å². The van der Waals surface area contributed by atoms with Crippen molar-refractivity contribution in [3.8, 4) is 0 Å². The number of halogens is 1. The lowest BCUT2D eigenvalue weighted by atomic mass is 10.1. The third kappa shape index (κ3) is 3.11. The average molecular weight is 327 g/mol. The van der Waals surface area contributed by atoms with Crippen molar-refractivity contribution >= 4 is 45.4 Å². The standard InChI is InChI=1S/C12H11ClN4O3S/c1-5-3-9(17(19)20)7(13)4-8(5)16-11(18)10-6(2)15-12(14)21-10/h3-4H,1-2H3,(H2,14,15)(H,16,18). The summed E-state index contributed by atoms with van der Waals surface area (Å²) in [4.78, 5) is 26.7. The fraction of sp³-hybridized carbons (Fsp3) is 0.167. The molecule has 1 heterocycles. The molecule has 2 aromatic rings. The van der Waals surface area contributed by atoms with Gasteiger partial charge in [-0.05, 0) is 25.5 Å². The van der Waals surface area contributed by atoms with E-state index in [4.69, 9.17) is 17.3 Å². The molecule has 0 spiro atoms. The Morgan fingerprint density at radius 2 is 2.14 bits per heavy atom. The van der Waals surface area contributed by atoms with E-state index in [1.54, 1.807) is 13.8 Å². The summed E-state index contributed by atoms with van der Waals surface area (Å²) in [5.41, 5.74) is 6.82. The normalized spacial score (nSPS) is 10.4. The molecule has 0 fully saturated rings. The van der Waals surface area contributed by atoms with Gasteiger partial charge in [0.1, 0.15) is 9.90 Å². The number of rotatable bonds is 3. The molecule has 0 aliphatic rings. The SMILES string of the molecule is Cc1cc([N+](=O)[O-])c(Cl)cc1NC(=O)c1sc(N)nc1C. The second kappa shape index (κ2) is 5.66. The van der Waals surface area contributed by atoms with Crippen LogP contribution in [0.3, 0.4) is 0 Å². The minimum atomic E-state index is -0.574. The Kier molecular flexibility index (Phi) is 4.10. The first kappa shape index (κ1) is 15.2. The zero-order valence-corrected chi connectivity index (χ0v) is 12.7. The van der Waals surface area contributed by atoms with Crippen LogP contribution in [0.4, 0.5) is 16.5 Å². The summed E-state index contributed by atoms with van der Waals surface area (Å²) in [6.07, 6.45) is 0. The number of nitrogen functional groups attached to an aromatic ring is 1.